The van der Waals surface area contributed by atoms with E-state index in [1.165, 1.54) is 0 Å². The van der Waals surface area contributed by atoms with Gasteiger partial charge in [-0.2, -0.15) is 11.8 Å². The van der Waals surface area contributed by atoms with Crippen LogP contribution < -0.4 is 10.2 Å². The zero-order valence-corrected chi connectivity index (χ0v) is 15.2. The maximum Gasteiger partial charge on any atom is 0.134 e. The largest absolute Gasteiger partial charge is 0.466 e. The van der Waals surface area contributed by atoms with Gasteiger partial charge >= 0.3 is 0 Å². The zero-order chi connectivity index (χ0) is 17.2. The Morgan fingerprint density at radius 2 is 2.04 bits per heavy atom. The summed E-state index contributed by atoms with van der Waals surface area (Å²) in [6, 6.07) is 3.83. The molecule has 1 aliphatic rings. The SMILES string of the molecule is Cc1cc(C(C)(O)CNc2cc(N3CCSCC3)ncn2)c(C)o1. The van der Waals surface area contributed by atoms with Gasteiger partial charge in [0.1, 0.15) is 35.1 Å². The molecule has 1 saturated heterocycles. The van der Waals surface area contributed by atoms with Crippen LogP contribution in [0.25, 0.3) is 0 Å². The fourth-order valence-electron chi connectivity index (χ4n) is 2.93. The first-order valence-corrected chi connectivity index (χ1v) is 9.30. The molecule has 2 aromatic rings. The van der Waals surface area contributed by atoms with Gasteiger partial charge in [-0.05, 0) is 26.8 Å². The van der Waals surface area contributed by atoms with Crippen LogP contribution in [0, 0.1) is 13.8 Å². The van der Waals surface area contributed by atoms with E-state index in [9.17, 15) is 5.11 Å². The molecule has 0 saturated carbocycles. The molecule has 3 rings (SSSR count). The third-order valence-corrected chi connectivity index (χ3v) is 5.17. The number of nitrogens with zero attached hydrogens (tertiary/aromatic N) is 3. The highest BCUT2D eigenvalue weighted by Gasteiger charge is 2.27. The van der Waals surface area contributed by atoms with Crippen molar-refractivity contribution in [2.75, 3.05) is 41.4 Å². The van der Waals surface area contributed by atoms with Gasteiger partial charge in [0.25, 0.3) is 0 Å². The van der Waals surface area contributed by atoms with Gasteiger partial charge in [-0.25, -0.2) is 9.97 Å². The average Bonchev–Trinajstić information content (AvgIpc) is 2.93. The minimum atomic E-state index is -1.03. The lowest BCUT2D eigenvalue weighted by molar-refractivity contribution is 0.0698. The number of nitrogens with one attached hydrogen (secondary N) is 1. The summed E-state index contributed by atoms with van der Waals surface area (Å²) < 4.78 is 5.53. The molecular weight excluding hydrogens is 324 g/mol. The number of hydrogen-bond acceptors (Lipinski definition) is 7. The molecule has 0 amide bonds. The van der Waals surface area contributed by atoms with E-state index in [1.54, 1.807) is 13.3 Å². The molecule has 2 aromatic heterocycles. The van der Waals surface area contributed by atoms with Crippen LogP contribution in [0.1, 0.15) is 24.0 Å². The summed E-state index contributed by atoms with van der Waals surface area (Å²) in [6.45, 7) is 7.89. The molecule has 3 heterocycles. The highest BCUT2D eigenvalue weighted by molar-refractivity contribution is 7.99. The zero-order valence-electron chi connectivity index (χ0n) is 14.4. The number of aryl methyl sites for hydroxylation is 2. The summed E-state index contributed by atoms with van der Waals surface area (Å²) >= 11 is 1.97. The molecule has 2 N–H and O–H groups in total. The van der Waals surface area contributed by atoms with Gasteiger partial charge in [-0.3, -0.25) is 0 Å². The highest BCUT2D eigenvalue weighted by Crippen LogP contribution is 2.27. The van der Waals surface area contributed by atoms with E-state index in [0.717, 1.165) is 53.3 Å². The monoisotopic (exact) mass is 348 g/mol. The number of anilines is 2. The van der Waals surface area contributed by atoms with Crippen LogP contribution in [-0.2, 0) is 5.60 Å². The Balaban J connectivity index is 1.68. The van der Waals surface area contributed by atoms with Crippen LogP contribution in [0.4, 0.5) is 11.6 Å². The van der Waals surface area contributed by atoms with Crippen LogP contribution in [0.2, 0.25) is 0 Å². The van der Waals surface area contributed by atoms with Crippen molar-refractivity contribution < 1.29 is 9.52 Å². The molecule has 1 aliphatic heterocycles. The van der Waals surface area contributed by atoms with Gasteiger partial charge in [-0.1, -0.05) is 0 Å². The van der Waals surface area contributed by atoms with Crippen LogP contribution in [-0.4, -0.2) is 46.2 Å². The Labute approximate surface area is 146 Å². The molecule has 130 valence electrons. The highest BCUT2D eigenvalue weighted by atomic mass is 32.2. The molecule has 7 heteroatoms. The van der Waals surface area contributed by atoms with Crippen LogP contribution >= 0.6 is 11.8 Å². The van der Waals surface area contributed by atoms with Gasteiger partial charge < -0.3 is 19.7 Å². The summed E-state index contributed by atoms with van der Waals surface area (Å²) in [5, 5.41) is 14.0. The number of aromatic nitrogens is 2. The van der Waals surface area contributed by atoms with Crippen LogP contribution in [0.3, 0.4) is 0 Å². The number of rotatable bonds is 5. The van der Waals surface area contributed by atoms with Gasteiger partial charge in [0, 0.05) is 42.8 Å². The Morgan fingerprint density at radius 1 is 1.29 bits per heavy atom. The van der Waals surface area contributed by atoms with Crippen molar-refractivity contribution in [3.63, 3.8) is 0 Å². The molecule has 0 aliphatic carbocycles. The quantitative estimate of drug-likeness (QED) is 0.860. The van der Waals surface area contributed by atoms with E-state index in [4.69, 9.17) is 4.42 Å². The van der Waals surface area contributed by atoms with E-state index in [1.807, 2.05) is 37.7 Å². The minimum absolute atomic E-state index is 0.346. The predicted molar refractivity (Wildman–Crippen MR) is 97.8 cm³/mol. The Morgan fingerprint density at radius 3 is 2.71 bits per heavy atom. The second kappa shape index (κ2) is 7.03. The van der Waals surface area contributed by atoms with Crippen LogP contribution in [0.15, 0.2) is 22.9 Å². The first-order valence-electron chi connectivity index (χ1n) is 8.14. The lowest BCUT2D eigenvalue weighted by Crippen LogP contribution is -2.33. The molecule has 0 spiro atoms. The predicted octanol–water partition coefficient (Wildman–Crippen LogP) is 2.56. The molecule has 0 aromatic carbocycles. The first-order chi connectivity index (χ1) is 11.5. The third-order valence-electron chi connectivity index (χ3n) is 4.22. The summed E-state index contributed by atoms with van der Waals surface area (Å²) in [4.78, 5) is 10.9. The van der Waals surface area contributed by atoms with E-state index < -0.39 is 5.60 Å². The lowest BCUT2D eigenvalue weighted by Gasteiger charge is -2.28. The second-order valence-corrected chi connectivity index (χ2v) is 7.54. The topological polar surface area (TPSA) is 74.4 Å². The van der Waals surface area contributed by atoms with Crippen molar-refractivity contribution in [2.24, 2.45) is 0 Å². The number of aliphatic hydroxyl groups is 1. The van der Waals surface area contributed by atoms with Gasteiger partial charge in [0.15, 0.2) is 0 Å². The standard InChI is InChI=1S/C17H24N4O2S/c1-12-8-14(13(2)23-12)17(3,22)10-18-15-9-16(20-11-19-15)21-4-6-24-7-5-21/h8-9,11,22H,4-7,10H2,1-3H3,(H,18,19,20). The van der Waals surface area contributed by atoms with Crippen molar-refractivity contribution in [2.45, 2.75) is 26.4 Å². The maximum atomic E-state index is 10.8. The molecule has 1 fully saturated rings. The van der Waals surface area contributed by atoms with Gasteiger partial charge in [0.2, 0.25) is 0 Å². The van der Waals surface area contributed by atoms with Crippen molar-refractivity contribution in [1.29, 1.82) is 0 Å². The van der Waals surface area contributed by atoms with Crippen molar-refractivity contribution in [1.82, 2.24) is 9.97 Å². The normalized spacial score (nSPS) is 17.6. The van der Waals surface area contributed by atoms with Crippen molar-refractivity contribution in [3.05, 3.63) is 35.5 Å². The van der Waals surface area contributed by atoms with Crippen molar-refractivity contribution >= 4 is 23.4 Å². The number of thioether (sulfide) groups is 1. The molecule has 24 heavy (non-hydrogen) atoms. The van der Waals surface area contributed by atoms with E-state index in [2.05, 4.69) is 20.2 Å². The van der Waals surface area contributed by atoms with Gasteiger partial charge in [0.05, 0.1) is 0 Å². The molecule has 6 nitrogen and oxygen atoms in total. The molecule has 1 atom stereocenters. The maximum absolute atomic E-state index is 10.8. The smallest absolute Gasteiger partial charge is 0.134 e. The van der Waals surface area contributed by atoms with Gasteiger partial charge in [-0.15, -0.1) is 0 Å². The lowest BCUT2D eigenvalue weighted by atomic mass is 9.96. The fourth-order valence-corrected chi connectivity index (χ4v) is 3.84. The van der Waals surface area contributed by atoms with E-state index in [0.29, 0.717) is 6.54 Å². The number of furan rings is 1. The summed E-state index contributed by atoms with van der Waals surface area (Å²) in [5.74, 6) is 5.45. The molecule has 1 unspecified atom stereocenters. The average molecular weight is 348 g/mol. The third kappa shape index (κ3) is 3.84. The summed E-state index contributed by atoms with van der Waals surface area (Å²) in [6.07, 6.45) is 1.57. The molecule has 0 radical (unpaired) electrons. The summed E-state index contributed by atoms with van der Waals surface area (Å²) in [7, 11) is 0. The van der Waals surface area contributed by atoms with E-state index >= 15 is 0 Å². The first kappa shape index (κ1) is 17.1. The summed E-state index contributed by atoms with van der Waals surface area (Å²) in [5.41, 5.74) is -0.232. The second-order valence-electron chi connectivity index (χ2n) is 6.32. The fraction of sp³-hybridized carbons (Fsp3) is 0.529. The Kier molecular flexibility index (Phi) is 5.01. The van der Waals surface area contributed by atoms with Crippen LogP contribution in [0.5, 0.6) is 0 Å². The minimum Gasteiger partial charge on any atom is -0.466 e. The Bertz CT molecular complexity index is 696. The van der Waals surface area contributed by atoms with Crippen molar-refractivity contribution in [3.8, 4) is 0 Å². The molecular formula is C17H24N4O2S. The van der Waals surface area contributed by atoms with E-state index in [-0.39, 0.29) is 0 Å². The Hall–Kier alpha value is -1.73. The number of hydrogen-bond donors (Lipinski definition) is 2. The molecule has 0 bridgehead atoms.